The van der Waals surface area contributed by atoms with Crippen molar-refractivity contribution in [2.24, 2.45) is 5.92 Å². The first-order valence-corrected chi connectivity index (χ1v) is 11.2. The van der Waals surface area contributed by atoms with Gasteiger partial charge < -0.3 is 10.6 Å². The number of amides is 2. The minimum Gasteiger partial charge on any atom is -0.348 e. The van der Waals surface area contributed by atoms with Crippen molar-refractivity contribution < 1.29 is 9.59 Å². The highest BCUT2D eigenvalue weighted by atomic mass is 16.2. The van der Waals surface area contributed by atoms with Gasteiger partial charge in [0, 0.05) is 41.5 Å². The molecule has 0 radical (unpaired) electrons. The van der Waals surface area contributed by atoms with Crippen molar-refractivity contribution in [2.75, 3.05) is 5.32 Å². The summed E-state index contributed by atoms with van der Waals surface area (Å²) in [5.41, 5.74) is 4.78. The molecule has 2 unspecified atom stereocenters. The Balaban J connectivity index is 1.16. The van der Waals surface area contributed by atoms with Crippen LogP contribution in [0.25, 0.3) is 10.8 Å². The Hall–Kier alpha value is -3.99. The van der Waals surface area contributed by atoms with Crippen molar-refractivity contribution in [2.45, 2.75) is 25.8 Å². The molecule has 2 atom stereocenters. The third-order valence-electron chi connectivity index (χ3n) is 6.21. The molecule has 5 rings (SSSR count). The van der Waals surface area contributed by atoms with Crippen LogP contribution < -0.4 is 10.6 Å². The van der Waals surface area contributed by atoms with Crippen LogP contribution in [0.5, 0.6) is 0 Å². The average Bonchev–Trinajstić information content (AvgIpc) is 3.65. The van der Waals surface area contributed by atoms with Crippen LogP contribution in [0.3, 0.4) is 0 Å². The van der Waals surface area contributed by atoms with Crippen molar-refractivity contribution in [1.29, 1.82) is 0 Å². The number of carbonyl (C=O) groups is 2. The summed E-state index contributed by atoms with van der Waals surface area (Å²) < 4.78 is 0. The molecule has 0 spiro atoms. The Morgan fingerprint density at radius 3 is 2.52 bits per heavy atom. The minimum absolute atomic E-state index is 0.0355. The Morgan fingerprint density at radius 2 is 1.73 bits per heavy atom. The zero-order valence-corrected chi connectivity index (χ0v) is 18.4. The first-order valence-electron chi connectivity index (χ1n) is 11.2. The highest BCUT2D eigenvalue weighted by Crippen LogP contribution is 2.48. The van der Waals surface area contributed by atoms with Crippen LogP contribution in [-0.4, -0.2) is 16.8 Å². The molecule has 33 heavy (non-hydrogen) atoms. The maximum absolute atomic E-state index is 12.7. The predicted octanol–water partition coefficient (Wildman–Crippen LogP) is 5.22. The number of hydrogen-bond acceptors (Lipinski definition) is 3. The van der Waals surface area contributed by atoms with E-state index in [4.69, 9.17) is 0 Å². The van der Waals surface area contributed by atoms with Crippen LogP contribution in [0, 0.1) is 12.8 Å². The maximum atomic E-state index is 12.7. The molecule has 2 N–H and O–H groups in total. The van der Waals surface area contributed by atoms with Gasteiger partial charge in [-0.05, 0) is 66.1 Å². The summed E-state index contributed by atoms with van der Waals surface area (Å²) in [5, 5.41) is 8.09. The number of aryl methyl sites for hydroxylation is 1. The van der Waals surface area contributed by atoms with Gasteiger partial charge in [-0.15, -0.1) is 0 Å². The number of nitrogens with one attached hydrogen (secondary N) is 2. The van der Waals surface area contributed by atoms with E-state index >= 15 is 0 Å². The topological polar surface area (TPSA) is 71.1 Å². The first-order chi connectivity index (χ1) is 16.1. The molecule has 0 bridgehead atoms. The van der Waals surface area contributed by atoms with E-state index in [1.807, 2.05) is 85.9 Å². The number of rotatable bonds is 6. The third kappa shape index (κ3) is 4.77. The molecule has 1 fully saturated rings. The average molecular weight is 436 g/mol. The van der Waals surface area contributed by atoms with E-state index in [0.717, 1.165) is 34.0 Å². The predicted molar refractivity (Wildman–Crippen MR) is 130 cm³/mol. The number of pyridine rings is 1. The first kappa shape index (κ1) is 20.9. The fourth-order valence-corrected chi connectivity index (χ4v) is 4.12. The Morgan fingerprint density at radius 1 is 0.939 bits per heavy atom. The standard InChI is InChI=1S/C28H25N3O2/c1-18-2-4-19(5-3-18)16-30-27(32)21-8-6-20(7-9-21)25-15-26(25)28(33)31-24-11-10-23-17-29-13-12-22(23)14-24/h2-14,17,25-26H,15-16H2,1H3,(H,30,32)(H,31,33). The molecule has 5 nitrogen and oxygen atoms in total. The molecule has 1 heterocycles. The molecule has 0 aliphatic heterocycles. The molecular formula is C28H25N3O2. The molecule has 1 saturated carbocycles. The van der Waals surface area contributed by atoms with Crippen LogP contribution in [0.1, 0.15) is 39.4 Å². The lowest BCUT2D eigenvalue weighted by Crippen LogP contribution is -2.22. The van der Waals surface area contributed by atoms with Gasteiger partial charge in [0.2, 0.25) is 5.91 Å². The molecule has 1 aromatic heterocycles. The number of nitrogens with zero attached hydrogens (tertiary/aromatic N) is 1. The van der Waals surface area contributed by atoms with Gasteiger partial charge in [0.1, 0.15) is 0 Å². The zero-order chi connectivity index (χ0) is 22.8. The smallest absolute Gasteiger partial charge is 0.251 e. The molecule has 2 amide bonds. The summed E-state index contributed by atoms with van der Waals surface area (Å²) in [7, 11) is 0. The van der Waals surface area contributed by atoms with E-state index in [-0.39, 0.29) is 23.7 Å². The van der Waals surface area contributed by atoms with Gasteiger partial charge in [0.15, 0.2) is 0 Å². The second-order valence-electron chi connectivity index (χ2n) is 8.67. The van der Waals surface area contributed by atoms with Gasteiger partial charge in [0.05, 0.1) is 0 Å². The van der Waals surface area contributed by atoms with Crippen LogP contribution >= 0.6 is 0 Å². The second kappa shape index (κ2) is 8.87. The fourth-order valence-electron chi connectivity index (χ4n) is 4.12. The van der Waals surface area contributed by atoms with Crippen LogP contribution in [-0.2, 0) is 11.3 Å². The van der Waals surface area contributed by atoms with E-state index in [9.17, 15) is 9.59 Å². The number of anilines is 1. The van der Waals surface area contributed by atoms with Crippen LogP contribution in [0.15, 0.2) is 85.2 Å². The second-order valence-corrected chi connectivity index (χ2v) is 8.67. The van der Waals surface area contributed by atoms with Gasteiger partial charge in [-0.25, -0.2) is 0 Å². The summed E-state index contributed by atoms with van der Waals surface area (Å²) in [6.07, 6.45) is 4.38. The highest BCUT2D eigenvalue weighted by Gasteiger charge is 2.43. The monoisotopic (exact) mass is 435 g/mol. The maximum Gasteiger partial charge on any atom is 0.251 e. The Kier molecular flexibility index (Phi) is 5.61. The number of carbonyl (C=O) groups excluding carboxylic acids is 2. The summed E-state index contributed by atoms with van der Waals surface area (Å²) in [4.78, 5) is 29.3. The zero-order valence-electron chi connectivity index (χ0n) is 18.4. The lowest BCUT2D eigenvalue weighted by Gasteiger charge is -2.08. The summed E-state index contributed by atoms with van der Waals surface area (Å²) in [6.45, 7) is 2.54. The normalized spacial score (nSPS) is 16.9. The molecule has 4 aromatic rings. The van der Waals surface area contributed by atoms with Crippen LogP contribution in [0.2, 0.25) is 0 Å². The highest BCUT2D eigenvalue weighted by molar-refractivity contribution is 5.97. The molecule has 0 saturated heterocycles. The van der Waals surface area contributed by atoms with Gasteiger partial charge in [-0.2, -0.15) is 0 Å². The number of fused-ring (bicyclic) bond motifs is 1. The minimum atomic E-state index is -0.0984. The molecule has 5 heteroatoms. The molecule has 3 aromatic carbocycles. The largest absolute Gasteiger partial charge is 0.348 e. The Bertz CT molecular complexity index is 1310. The van der Waals surface area contributed by atoms with E-state index in [2.05, 4.69) is 15.6 Å². The summed E-state index contributed by atoms with van der Waals surface area (Å²) in [6, 6.07) is 23.5. The lowest BCUT2D eigenvalue weighted by molar-refractivity contribution is -0.117. The Labute approximate surface area is 192 Å². The quantitative estimate of drug-likeness (QED) is 0.436. The van der Waals surface area contributed by atoms with Gasteiger partial charge in [-0.3, -0.25) is 14.6 Å². The van der Waals surface area contributed by atoms with Gasteiger partial charge in [-0.1, -0.05) is 48.0 Å². The van der Waals surface area contributed by atoms with Gasteiger partial charge >= 0.3 is 0 Å². The van der Waals surface area contributed by atoms with Gasteiger partial charge in [0.25, 0.3) is 5.91 Å². The van der Waals surface area contributed by atoms with Crippen molar-refractivity contribution in [1.82, 2.24) is 10.3 Å². The van der Waals surface area contributed by atoms with E-state index in [1.165, 1.54) is 5.56 Å². The third-order valence-corrected chi connectivity index (χ3v) is 6.21. The van der Waals surface area contributed by atoms with Crippen molar-refractivity contribution in [3.05, 3.63) is 107 Å². The van der Waals surface area contributed by atoms with E-state index in [1.54, 1.807) is 6.20 Å². The lowest BCUT2D eigenvalue weighted by atomic mass is 10.1. The van der Waals surface area contributed by atoms with Crippen molar-refractivity contribution in [3.8, 4) is 0 Å². The van der Waals surface area contributed by atoms with Crippen LogP contribution in [0.4, 0.5) is 5.69 Å². The number of hydrogen-bond donors (Lipinski definition) is 2. The SMILES string of the molecule is Cc1ccc(CNC(=O)c2ccc(C3CC3C(=O)Nc3ccc4cnccc4c3)cc2)cc1. The molecular weight excluding hydrogens is 410 g/mol. The molecule has 1 aliphatic carbocycles. The van der Waals surface area contributed by atoms with E-state index in [0.29, 0.717) is 12.1 Å². The fraction of sp³-hybridized carbons (Fsp3) is 0.179. The van der Waals surface area contributed by atoms with Crippen molar-refractivity contribution in [3.63, 3.8) is 0 Å². The summed E-state index contributed by atoms with van der Waals surface area (Å²) in [5.74, 6) is 0.0886. The van der Waals surface area contributed by atoms with Crippen molar-refractivity contribution >= 4 is 28.3 Å². The van der Waals surface area contributed by atoms with E-state index < -0.39 is 0 Å². The number of benzene rings is 3. The molecule has 164 valence electrons. The summed E-state index contributed by atoms with van der Waals surface area (Å²) >= 11 is 0. The molecule has 1 aliphatic rings. The number of aromatic nitrogens is 1.